The Labute approximate surface area is 174 Å². The Morgan fingerprint density at radius 3 is 2.52 bits per heavy atom. The van der Waals surface area contributed by atoms with Crippen molar-refractivity contribution >= 4 is 23.1 Å². The second kappa shape index (κ2) is 7.05. The van der Waals surface area contributed by atoms with Gasteiger partial charge in [0.15, 0.2) is 0 Å². The molecule has 2 heterocycles. The van der Waals surface area contributed by atoms with E-state index in [2.05, 4.69) is 31.2 Å². The van der Waals surface area contributed by atoms with Crippen molar-refractivity contribution in [1.82, 2.24) is 5.01 Å². The quantitative estimate of drug-likeness (QED) is 0.551. The van der Waals surface area contributed by atoms with Crippen LogP contribution in [-0.4, -0.2) is 22.7 Å². The third kappa shape index (κ3) is 3.19. The summed E-state index contributed by atoms with van der Waals surface area (Å²) in [5.74, 6) is 0.608. The average Bonchev–Trinajstić information content (AvgIpc) is 3.19. The van der Waals surface area contributed by atoms with Crippen molar-refractivity contribution in [1.29, 1.82) is 0 Å². The standard InChI is InChI=1S/C24H19ClN2O2/c1-15-6-8-16(9-7-15)20-14-21-19-4-2-3-5-22(19)29-24(27(21)26-20)23(28)17-10-12-18(25)13-11-17/h2-13,21,24H,14H2,1H3/t21-,24-/m1/s1. The predicted octanol–water partition coefficient (Wildman–Crippen LogP) is 5.40. The molecule has 2 aliphatic rings. The van der Waals surface area contributed by atoms with Crippen molar-refractivity contribution in [3.05, 3.63) is 100 Å². The van der Waals surface area contributed by atoms with E-state index in [4.69, 9.17) is 21.4 Å². The lowest BCUT2D eigenvalue weighted by Gasteiger charge is -2.37. The van der Waals surface area contributed by atoms with E-state index in [1.165, 1.54) is 5.56 Å². The van der Waals surface area contributed by atoms with Crippen LogP contribution in [0, 0.1) is 6.92 Å². The molecule has 0 fully saturated rings. The van der Waals surface area contributed by atoms with E-state index in [-0.39, 0.29) is 11.8 Å². The number of halogens is 1. The molecular formula is C24H19ClN2O2. The minimum absolute atomic E-state index is 0.0301. The van der Waals surface area contributed by atoms with Crippen LogP contribution in [0.5, 0.6) is 5.75 Å². The Bertz CT molecular complexity index is 1110. The Hall–Kier alpha value is -3.11. The third-order valence-electron chi connectivity index (χ3n) is 5.44. The summed E-state index contributed by atoms with van der Waals surface area (Å²) in [5.41, 5.74) is 4.84. The van der Waals surface area contributed by atoms with Gasteiger partial charge in [0.1, 0.15) is 5.75 Å². The van der Waals surface area contributed by atoms with Gasteiger partial charge in [-0.05, 0) is 42.8 Å². The number of rotatable bonds is 3. The van der Waals surface area contributed by atoms with Gasteiger partial charge in [-0.3, -0.25) is 4.79 Å². The summed E-state index contributed by atoms with van der Waals surface area (Å²) in [6, 6.07) is 23.0. The first-order valence-electron chi connectivity index (χ1n) is 9.58. The van der Waals surface area contributed by atoms with Crippen molar-refractivity contribution in [3.63, 3.8) is 0 Å². The summed E-state index contributed by atoms with van der Waals surface area (Å²) in [5, 5.41) is 7.24. The number of ether oxygens (including phenoxy) is 1. The molecule has 0 saturated heterocycles. The van der Waals surface area contributed by atoms with Gasteiger partial charge >= 0.3 is 0 Å². The first-order chi connectivity index (χ1) is 14.1. The lowest BCUT2D eigenvalue weighted by molar-refractivity contribution is -0.00455. The summed E-state index contributed by atoms with van der Waals surface area (Å²) >= 11 is 5.98. The molecule has 0 unspecified atom stereocenters. The first kappa shape index (κ1) is 18.0. The van der Waals surface area contributed by atoms with Crippen molar-refractivity contribution < 1.29 is 9.53 Å². The van der Waals surface area contributed by atoms with Gasteiger partial charge in [0, 0.05) is 22.6 Å². The molecular weight excluding hydrogens is 384 g/mol. The zero-order valence-electron chi connectivity index (χ0n) is 15.9. The SMILES string of the molecule is Cc1ccc(C2=NN3[C@@H](C(=O)c4ccc(Cl)cc4)Oc4ccccc4[C@H]3C2)cc1. The van der Waals surface area contributed by atoms with Crippen LogP contribution in [0.15, 0.2) is 77.9 Å². The minimum atomic E-state index is -0.806. The number of para-hydroxylation sites is 1. The highest BCUT2D eigenvalue weighted by Gasteiger charge is 2.43. The molecule has 0 aliphatic carbocycles. The van der Waals surface area contributed by atoms with Crippen LogP contribution in [0.3, 0.4) is 0 Å². The molecule has 0 spiro atoms. The monoisotopic (exact) mass is 402 g/mol. The van der Waals surface area contributed by atoms with Crippen LogP contribution < -0.4 is 4.74 Å². The molecule has 5 rings (SSSR count). The van der Waals surface area contributed by atoms with Gasteiger partial charge in [-0.15, -0.1) is 0 Å². The number of aryl methyl sites for hydroxylation is 1. The molecule has 0 saturated carbocycles. The summed E-state index contributed by atoms with van der Waals surface area (Å²) in [6.07, 6.45) is -0.0765. The number of benzene rings is 3. The number of hydrazone groups is 1. The number of nitrogens with zero attached hydrogens (tertiary/aromatic N) is 2. The zero-order chi connectivity index (χ0) is 20.0. The fourth-order valence-electron chi connectivity index (χ4n) is 3.88. The van der Waals surface area contributed by atoms with E-state index in [1.54, 1.807) is 24.3 Å². The topological polar surface area (TPSA) is 41.9 Å². The summed E-state index contributed by atoms with van der Waals surface area (Å²) in [4.78, 5) is 13.3. The van der Waals surface area contributed by atoms with Crippen molar-refractivity contribution in [2.24, 2.45) is 5.10 Å². The molecule has 0 N–H and O–H groups in total. The van der Waals surface area contributed by atoms with Crippen molar-refractivity contribution in [2.75, 3.05) is 0 Å². The molecule has 5 heteroatoms. The largest absolute Gasteiger partial charge is 0.461 e. The van der Waals surface area contributed by atoms with Crippen LogP contribution >= 0.6 is 11.6 Å². The first-order valence-corrected chi connectivity index (χ1v) is 9.96. The molecule has 2 aliphatic heterocycles. The van der Waals surface area contributed by atoms with Gasteiger partial charge in [0.2, 0.25) is 5.78 Å². The minimum Gasteiger partial charge on any atom is -0.461 e. The molecule has 144 valence electrons. The van der Waals surface area contributed by atoms with Crippen molar-refractivity contribution in [2.45, 2.75) is 25.6 Å². The van der Waals surface area contributed by atoms with Gasteiger partial charge in [-0.2, -0.15) is 5.10 Å². The third-order valence-corrected chi connectivity index (χ3v) is 5.69. The number of carbonyl (C=O) groups excluding carboxylic acids is 1. The van der Waals surface area contributed by atoms with Crippen LogP contribution in [0.2, 0.25) is 5.02 Å². The number of ketones is 1. The van der Waals surface area contributed by atoms with Crippen LogP contribution in [0.25, 0.3) is 0 Å². The average molecular weight is 403 g/mol. The number of Topliss-reactive ketones (excluding diaryl/α,β-unsaturated/α-hetero) is 1. The van der Waals surface area contributed by atoms with Gasteiger partial charge in [0.05, 0.1) is 11.8 Å². The second-order valence-electron chi connectivity index (χ2n) is 7.39. The van der Waals surface area contributed by atoms with E-state index in [0.29, 0.717) is 10.6 Å². The maximum atomic E-state index is 13.3. The Balaban J connectivity index is 1.55. The number of hydrogen-bond acceptors (Lipinski definition) is 4. The maximum Gasteiger partial charge on any atom is 0.251 e. The molecule has 4 nitrogen and oxygen atoms in total. The van der Waals surface area contributed by atoms with E-state index in [1.807, 2.05) is 29.3 Å². The highest BCUT2D eigenvalue weighted by Crippen LogP contribution is 2.43. The number of hydrogen-bond donors (Lipinski definition) is 0. The van der Waals surface area contributed by atoms with Crippen molar-refractivity contribution in [3.8, 4) is 5.75 Å². The normalized spacial score (nSPS) is 19.8. The van der Waals surface area contributed by atoms with Gasteiger partial charge in [-0.1, -0.05) is 59.6 Å². The van der Waals surface area contributed by atoms with E-state index >= 15 is 0 Å². The molecule has 0 radical (unpaired) electrons. The summed E-state index contributed by atoms with van der Waals surface area (Å²) < 4.78 is 6.13. The fourth-order valence-corrected chi connectivity index (χ4v) is 4.01. The number of fused-ring (bicyclic) bond motifs is 3. The lowest BCUT2D eigenvalue weighted by atomic mass is 9.95. The molecule has 29 heavy (non-hydrogen) atoms. The van der Waals surface area contributed by atoms with Crippen LogP contribution in [0.1, 0.15) is 39.5 Å². The molecule has 0 aromatic heterocycles. The molecule has 2 atom stereocenters. The second-order valence-corrected chi connectivity index (χ2v) is 7.83. The molecule has 0 bridgehead atoms. The van der Waals surface area contributed by atoms with E-state index < -0.39 is 6.23 Å². The lowest BCUT2D eigenvalue weighted by Crippen LogP contribution is -2.45. The summed E-state index contributed by atoms with van der Waals surface area (Å²) in [7, 11) is 0. The Morgan fingerprint density at radius 1 is 1.03 bits per heavy atom. The zero-order valence-corrected chi connectivity index (χ0v) is 16.6. The Kier molecular flexibility index (Phi) is 4.36. The Morgan fingerprint density at radius 2 is 1.76 bits per heavy atom. The molecule has 3 aromatic rings. The van der Waals surface area contributed by atoms with E-state index in [9.17, 15) is 4.79 Å². The summed E-state index contributed by atoms with van der Waals surface area (Å²) in [6.45, 7) is 2.06. The van der Waals surface area contributed by atoms with Gasteiger partial charge in [-0.25, -0.2) is 5.01 Å². The highest BCUT2D eigenvalue weighted by molar-refractivity contribution is 6.30. The maximum absolute atomic E-state index is 13.3. The molecule has 3 aromatic carbocycles. The number of carbonyl (C=O) groups is 1. The van der Waals surface area contributed by atoms with Crippen LogP contribution in [-0.2, 0) is 0 Å². The van der Waals surface area contributed by atoms with Gasteiger partial charge in [0.25, 0.3) is 6.23 Å². The smallest absolute Gasteiger partial charge is 0.251 e. The van der Waals surface area contributed by atoms with Crippen LogP contribution in [0.4, 0.5) is 0 Å². The fraction of sp³-hybridized carbons (Fsp3) is 0.167. The highest BCUT2D eigenvalue weighted by atomic mass is 35.5. The van der Waals surface area contributed by atoms with E-state index in [0.717, 1.165) is 29.0 Å². The van der Waals surface area contributed by atoms with Gasteiger partial charge < -0.3 is 4.74 Å². The molecule has 0 amide bonds. The predicted molar refractivity (Wildman–Crippen MR) is 114 cm³/mol.